The fourth-order valence-electron chi connectivity index (χ4n) is 2.42. The number of aliphatic hydroxyl groups is 1. The average Bonchev–Trinajstić information content (AvgIpc) is 3.04. The number of nitrogens with zero attached hydrogens (tertiary/aromatic N) is 3. The Morgan fingerprint density at radius 3 is 2.50 bits per heavy atom. The van der Waals surface area contributed by atoms with Crippen LogP contribution in [0.3, 0.4) is 0 Å². The van der Waals surface area contributed by atoms with E-state index in [4.69, 9.17) is 4.52 Å². The van der Waals surface area contributed by atoms with Gasteiger partial charge in [0.15, 0.2) is 0 Å². The Morgan fingerprint density at radius 2 is 1.83 bits per heavy atom. The Kier molecular flexibility index (Phi) is 4.86. The van der Waals surface area contributed by atoms with Crippen molar-refractivity contribution in [1.29, 1.82) is 0 Å². The Bertz CT molecular complexity index is 772. The first kappa shape index (κ1) is 16.1. The van der Waals surface area contributed by atoms with Crippen LogP contribution in [-0.4, -0.2) is 27.9 Å². The van der Waals surface area contributed by atoms with Gasteiger partial charge in [-0.25, -0.2) is 4.39 Å². The minimum Gasteiger partial charge on any atom is -0.392 e. The van der Waals surface area contributed by atoms with Crippen molar-refractivity contribution in [3.63, 3.8) is 0 Å². The van der Waals surface area contributed by atoms with Gasteiger partial charge in [0.2, 0.25) is 11.7 Å². The molecule has 1 atom stereocenters. The molecule has 3 aromatic rings. The zero-order chi connectivity index (χ0) is 16.9. The number of aliphatic hydroxyl groups excluding tert-OH is 1. The molecule has 0 aliphatic rings. The Balaban J connectivity index is 1.79. The lowest BCUT2D eigenvalue weighted by Crippen LogP contribution is -2.30. The average molecular weight is 327 g/mol. The number of halogens is 1. The number of hydrogen-bond donors (Lipinski definition) is 1. The highest BCUT2D eigenvalue weighted by Gasteiger charge is 2.15. The van der Waals surface area contributed by atoms with E-state index in [0.717, 1.165) is 5.69 Å². The highest BCUT2D eigenvalue weighted by atomic mass is 19.1. The molecule has 0 fully saturated rings. The monoisotopic (exact) mass is 327 g/mol. The van der Waals surface area contributed by atoms with E-state index in [1.165, 1.54) is 12.1 Å². The minimum absolute atomic E-state index is 0.311. The first-order valence-electron chi connectivity index (χ1n) is 7.68. The highest BCUT2D eigenvalue weighted by Crippen LogP contribution is 2.20. The van der Waals surface area contributed by atoms with Gasteiger partial charge in [0.1, 0.15) is 5.82 Å². The van der Waals surface area contributed by atoms with Crippen LogP contribution < -0.4 is 4.90 Å². The van der Waals surface area contributed by atoms with Crippen molar-refractivity contribution >= 4 is 5.69 Å². The van der Waals surface area contributed by atoms with Crippen LogP contribution in [0.2, 0.25) is 0 Å². The van der Waals surface area contributed by atoms with Crippen molar-refractivity contribution < 1.29 is 14.0 Å². The molecule has 3 rings (SSSR count). The summed E-state index contributed by atoms with van der Waals surface area (Å²) in [4.78, 5) is 6.32. The number of rotatable bonds is 6. The minimum atomic E-state index is -0.496. The van der Waals surface area contributed by atoms with E-state index in [1.54, 1.807) is 19.1 Å². The summed E-state index contributed by atoms with van der Waals surface area (Å²) in [5.41, 5.74) is 1.65. The molecule has 0 unspecified atom stereocenters. The number of para-hydroxylation sites is 1. The smallest absolute Gasteiger partial charge is 0.246 e. The van der Waals surface area contributed by atoms with Crippen molar-refractivity contribution in [1.82, 2.24) is 10.1 Å². The molecule has 0 aliphatic carbocycles. The fourth-order valence-corrected chi connectivity index (χ4v) is 2.42. The molecule has 5 nitrogen and oxygen atoms in total. The van der Waals surface area contributed by atoms with Gasteiger partial charge >= 0.3 is 0 Å². The Morgan fingerprint density at radius 1 is 1.12 bits per heavy atom. The van der Waals surface area contributed by atoms with Crippen molar-refractivity contribution in [2.24, 2.45) is 0 Å². The molecule has 0 spiro atoms. The Labute approximate surface area is 139 Å². The van der Waals surface area contributed by atoms with Gasteiger partial charge in [0.25, 0.3) is 0 Å². The predicted octanol–water partition coefficient (Wildman–Crippen LogP) is 3.26. The van der Waals surface area contributed by atoms with Gasteiger partial charge in [-0.3, -0.25) is 0 Å². The van der Waals surface area contributed by atoms with Gasteiger partial charge in [0, 0.05) is 17.8 Å². The molecular formula is C18H18FN3O2. The highest BCUT2D eigenvalue weighted by molar-refractivity contribution is 5.54. The molecule has 1 N–H and O–H groups in total. The van der Waals surface area contributed by atoms with Crippen LogP contribution in [0.25, 0.3) is 11.4 Å². The topological polar surface area (TPSA) is 62.4 Å². The normalized spacial score (nSPS) is 12.1. The molecule has 1 aromatic heterocycles. The first-order chi connectivity index (χ1) is 11.6. The van der Waals surface area contributed by atoms with Crippen molar-refractivity contribution in [3.05, 3.63) is 66.3 Å². The molecule has 2 aromatic carbocycles. The summed E-state index contributed by atoms with van der Waals surface area (Å²) in [5, 5.41) is 13.7. The summed E-state index contributed by atoms with van der Waals surface area (Å²) < 4.78 is 18.3. The van der Waals surface area contributed by atoms with E-state index in [1.807, 2.05) is 35.2 Å². The van der Waals surface area contributed by atoms with E-state index in [-0.39, 0.29) is 5.82 Å². The summed E-state index contributed by atoms with van der Waals surface area (Å²) in [6, 6.07) is 15.6. The van der Waals surface area contributed by atoms with Crippen LogP contribution >= 0.6 is 0 Å². The summed E-state index contributed by atoms with van der Waals surface area (Å²) in [6.45, 7) is 2.55. The van der Waals surface area contributed by atoms with E-state index in [0.29, 0.717) is 30.4 Å². The lowest BCUT2D eigenvalue weighted by molar-refractivity contribution is 0.198. The fraction of sp³-hybridized carbons (Fsp3) is 0.222. The van der Waals surface area contributed by atoms with E-state index >= 15 is 0 Å². The molecule has 0 aliphatic heterocycles. The quantitative estimate of drug-likeness (QED) is 0.753. The van der Waals surface area contributed by atoms with Gasteiger partial charge in [-0.1, -0.05) is 23.4 Å². The molecule has 0 saturated carbocycles. The standard InChI is InChI=1S/C18H18FN3O2/c1-13(23)11-22(16-5-3-2-4-6-16)12-17-20-18(21-24-17)14-7-9-15(19)10-8-14/h2-10,13,23H,11-12H2,1H3/t13-/m0/s1. The summed E-state index contributed by atoms with van der Waals surface area (Å²) in [7, 11) is 0. The first-order valence-corrected chi connectivity index (χ1v) is 7.68. The van der Waals surface area contributed by atoms with Crippen molar-refractivity contribution in [3.8, 4) is 11.4 Å². The SMILES string of the molecule is C[C@H](O)CN(Cc1nc(-c2ccc(F)cc2)no1)c1ccccc1. The molecule has 24 heavy (non-hydrogen) atoms. The second-order valence-corrected chi connectivity index (χ2v) is 5.58. The van der Waals surface area contributed by atoms with Gasteiger partial charge in [-0.15, -0.1) is 0 Å². The van der Waals surface area contributed by atoms with Gasteiger partial charge in [-0.05, 0) is 43.3 Å². The van der Waals surface area contributed by atoms with Crippen molar-refractivity contribution in [2.45, 2.75) is 19.6 Å². The molecule has 124 valence electrons. The number of anilines is 1. The molecule has 0 radical (unpaired) electrons. The number of benzene rings is 2. The summed E-state index contributed by atoms with van der Waals surface area (Å²) in [5.74, 6) is 0.531. The summed E-state index contributed by atoms with van der Waals surface area (Å²) in [6.07, 6.45) is -0.496. The third-order valence-corrected chi connectivity index (χ3v) is 3.50. The second kappa shape index (κ2) is 7.23. The van der Waals surface area contributed by atoms with Crippen molar-refractivity contribution in [2.75, 3.05) is 11.4 Å². The van der Waals surface area contributed by atoms with Crippen LogP contribution in [-0.2, 0) is 6.54 Å². The van der Waals surface area contributed by atoms with Gasteiger partial charge in [-0.2, -0.15) is 4.98 Å². The molecule has 0 amide bonds. The molecule has 6 heteroatoms. The lowest BCUT2D eigenvalue weighted by atomic mass is 10.2. The zero-order valence-corrected chi connectivity index (χ0v) is 13.3. The largest absolute Gasteiger partial charge is 0.392 e. The molecule has 0 saturated heterocycles. The lowest BCUT2D eigenvalue weighted by Gasteiger charge is -2.24. The van der Waals surface area contributed by atoms with E-state index < -0.39 is 6.10 Å². The second-order valence-electron chi connectivity index (χ2n) is 5.58. The zero-order valence-electron chi connectivity index (χ0n) is 13.3. The van der Waals surface area contributed by atoms with Crippen LogP contribution in [0.15, 0.2) is 59.1 Å². The van der Waals surface area contributed by atoms with Gasteiger partial charge in [0.05, 0.1) is 12.6 Å². The predicted molar refractivity (Wildman–Crippen MR) is 88.9 cm³/mol. The number of hydrogen-bond acceptors (Lipinski definition) is 5. The third-order valence-electron chi connectivity index (χ3n) is 3.50. The molecule has 0 bridgehead atoms. The van der Waals surface area contributed by atoms with Crippen LogP contribution in [0.4, 0.5) is 10.1 Å². The van der Waals surface area contributed by atoms with E-state index in [2.05, 4.69) is 10.1 Å². The maximum Gasteiger partial charge on any atom is 0.246 e. The van der Waals surface area contributed by atoms with Crippen LogP contribution in [0.1, 0.15) is 12.8 Å². The Hall–Kier alpha value is -2.73. The molecule has 1 heterocycles. The molecular weight excluding hydrogens is 309 g/mol. The third kappa shape index (κ3) is 3.97. The maximum atomic E-state index is 13.0. The number of aromatic nitrogens is 2. The maximum absolute atomic E-state index is 13.0. The van der Waals surface area contributed by atoms with Gasteiger partial charge < -0.3 is 14.5 Å². The van der Waals surface area contributed by atoms with E-state index in [9.17, 15) is 9.50 Å². The van der Waals surface area contributed by atoms with Crippen LogP contribution in [0, 0.1) is 5.82 Å². The summed E-state index contributed by atoms with van der Waals surface area (Å²) >= 11 is 0. The van der Waals surface area contributed by atoms with Crippen LogP contribution in [0.5, 0.6) is 0 Å².